The first-order valence-corrected chi connectivity index (χ1v) is 5.54. The van der Waals surface area contributed by atoms with Crippen molar-refractivity contribution < 1.29 is 4.42 Å². The van der Waals surface area contributed by atoms with Gasteiger partial charge in [-0.25, -0.2) is 0 Å². The van der Waals surface area contributed by atoms with E-state index >= 15 is 0 Å². The van der Waals surface area contributed by atoms with Crippen LogP contribution in [0.3, 0.4) is 0 Å². The molecule has 0 aliphatic rings. The van der Waals surface area contributed by atoms with Gasteiger partial charge in [0.25, 0.3) is 0 Å². The molecule has 0 radical (unpaired) electrons. The smallest absolute Gasteiger partial charge is 0.0935 e. The van der Waals surface area contributed by atoms with Gasteiger partial charge in [-0.2, -0.15) is 0 Å². The normalized spacial score (nSPS) is 12.6. The van der Waals surface area contributed by atoms with Crippen molar-refractivity contribution in [3.05, 3.63) is 59.5 Å². The van der Waals surface area contributed by atoms with Gasteiger partial charge in [0.1, 0.15) is 0 Å². The molecule has 0 amide bonds. The third-order valence-corrected chi connectivity index (χ3v) is 2.81. The lowest BCUT2D eigenvalue weighted by molar-refractivity contribution is 0.551. The van der Waals surface area contributed by atoms with Crippen LogP contribution in [-0.2, 0) is 6.42 Å². The Hall–Kier alpha value is -1.54. The molecule has 2 heteroatoms. The molecule has 0 saturated carbocycles. The second kappa shape index (κ2) is 4.99. The Morgan fingerprint density at radius 1 is 1.31 bits per heavy atom. The summed E-state index contributed by atoms with van der Waals surface area (Å²) in [5.74, 6) is 0. The molecular weight excluding hydrogens is 198 g/mol. The van der Waals surface area contributed by atoms with Crippen LogP contribution in [0, 0.1) is 6.92 Å². The maximum atomic E-state index is 5.09. The quantitative estimate of drug-likeness (QED) is 0.847. The second-order valence-electron chi connectivity index (χ2n) is 4.09. The highest BCUT2D eigenvalue weighted by Crippen LogP contribution is 2.19. The van der Waals surface area contributed by atoms with E-state index in [0.717, 1.165) is 6.42 Å². The molecule has 16 heavy (non-hydrogen) atoms. The van der Waals surface area contributed by atoms with Crippen LogP contribution in [0.4, 0.5) is 0 Å². The summed E-state index contributed by atoms with van der Waals surface area (Å²) >= 11 is 0. The third-order valence-electron chi connectivity index (χ3n) is 2.81. The van der Waals surface area contributed by atoms with E-state index in [1.54, 1.807) is 12.5 Å². The SMILES string of the molecule is CNC(Cc1ccoc1)c1cccc(C)c1. The molecule has 1 N–H and O–H groups in total. The number of aryl methyl sites for hydroxylation is 1. The van der Waals surface area contributed by atoms with Gasteiger partial charge >= 0.3 is 0 Å². The molecule has 0 aliphatic heterocycles. The Morgan fingerprint density at radius 3 is 2.81 bits per heavy atom. The van der Waals surface area contributed by atoms with Crippen LogP contribution in [0.15, 0.2) is 47.3 Å². The summed E-state index contributed by atoms with van der Waals surface area (Å²) in [6.45, 7) is 2.12. The summed E-state index contributed by atoms with van der Waals surface area (Å²) in [5, 5.41) is 3.34. The van der Waals surface area contributed by atoms with E-state index in [4.69, 9.17) is 4.42 Å². The van der Waals surface area contributed by atoms with Crippen LogP contribution in [0.1, 0.15) is 22.7 Å². The molecule has 0 fully saturated rings. The van der Waals surface area contributed by atoms with Gasteiger partial charge in [-0.3, -0.25) is 0 Å². The molecule has 1 unspecified atom stereocenters. The minimum atomic E-state index is 0.345. The van der Waals surface area contributed by atoms with Crippen LogP contribution < -0.4 is 5.32 Å². The van der Waals surface area contributed by atoms with Crippen LogP contribution in [0.5, 0.6) is 0 Å². The van der Waals surface area contributed by atoms with E-state index in [1.807, 2.05) is 13.1 Å². The first kappa shape index (κ1) is 11.0. The van der Waals surface area contributed by atoms with Gasteiger partial charge in [0.05, 0.1) is 12.5 Å². The second-order valence-corrected chi connectivity index (χ2v) is 4.09. The van der Waals surface area contributed by atoms with Crippen molar-refractivity contribution in [3.63, 3.8) is 0 Å². The van der Waals surface area contributed by atoms with Crippen LogP contribution >= 0.6 is 0 Å². The van der Waals surface area contributed by atoms with Crippen LogP contribution in [0.25, 0.3) is 0 Å². The largest absolute Gasteiger partial charge is 0.472 e. The molecule has 0 spiro atoms. The number of hydrogen-bond acceptors (Lipinski definition) is 2. The van der Waals surface area contributed by atoms with Gasteiger partial charge in [0.2, 0.25) is 0 Å². The van der Waals surface area contributed by atoms with E-state index in [9.17, 15) is 0 Å². The maximum Gasteiger partial charge on any atom is 0.0935 e. The number of rotatable bonds is 4. The van der Waals surface area contributed by atoms with Gasteiger partial charge in [-0.15, -0.1) is 0 Å². The summed E-state index contributed by atoms with van der Waals surface area (Å²) in [6, 6.07) is 11.0. The first-order chi connectivity index (χ1) is 7.79. The molecule has 2 rings (SSSR count). The Bertz CT molecular complexity index is 434. The number of likely N-dealkylation sites (N-methyl/N-ethyl adjacent to an activating group) is 1. The van der Waals surface area contributed by atoms with Crippen molar-refractivity contribution in [3.8, 4) is 0 Å². The Labute approximate surface area is 96.3 Å². The first-order valence-electron chi connectivity index (χ1n) is 5.54. The van der Waals surface area contributed by atoms with Crippen molar-refractivity contribution >= 4 is 0 Å². The van der Waals surface area contributed by atoms with Crippen molar-refractivity contribution in [1.82, 2.24) is 5.32 Å². The standard InChI is InChI=1S/C14H17NO/c1-11-4-3-5-13(8-11)14(15-2)9-12-6-7-16-10-12/h3-8,10,14-15H,9H2,1-2H3. The molecule has 84 valence electrons. The van der Waals surface area contributed by atoms with Crippen LogP contribution in [-0.4, -0.2) is 7.05 Å². The molecule has 2 aromatic rings. The van der Waals surface area contributed by atoms with E-state index in [1.165, 1.54) is 16.7 Å². The molecule has 0 bridgehead atoms. The minimum Gasteiger partial charge on any atom is -0.472 e. The maximum absolute atomic E-state index is 5.09. The number of furan rings is 1. The lowest BCUT2D eigenvalue weighted by Crippen LogP contribution is -2.18. The summed E-state index contributed by atoms with van der Waals surface area (Å²) in [4.78, 5) is 0. The van der Waals surface area contributed by atoms with Gasteiger partial charge in [-0.1, -0.05) is 29.8 Å². The van der Waals surface area contributed by atoms with E-state index < -0.39 is 0 Å². The number of hydrogen-bond donors (Lipinski definition) is 1. The third kappa shape index (κ3) is 2.52. The molecule has 1 aromatic heterocycles. The molecular formula is C14H17NO. The fraction of sp³-hybridized carbons (Fsp3) is 0.286. The zero-order chi connectivity index (χ0) is 11.4. The predicted molar refractivity (Wildman–Crippen MR) is 65.4 cm³/mol. The van der Waals surface area contributed by atoms with Crippen molar-refractivity contribution in [2.24, 2.45) is 0 Å². The Balaban J connectivity index is 2.16. The van der Waals surface area contributed by atoms with Gasteiger partial charge < -0.3 is 9.73 Å². The average molecular weight is 215 g/mol. The monoisotopic (exact) mass is 215 g/mol. The van der Waals surface area contributed by atoms with E-state index in [-0.39, 0.29) is 0 Å². The highest BCUT2D eigenvalue weighted by Gasteiger charge is 2.10. The number of benzene rings is 1. The molecule has 2 nitrogen and oxygen atoms in total. The van der Waals surface area contributed by atoms with Crippen molar-refractivity contribution in [2.75, 3.05) is 7.05 Å². The van der Waals surface area contributed by atoms with Crippen LogP contribution in [0.2, 0.25) is 0 Å². The Kier molecular flexibility index (Phi) is 3.42. The minimum absolute atomic E-state index is 0.345. The highest BCUT2D eigenvalue weighted by molar-refractivity contribution is 5.26. The van der Waals surface area contributed by atoms with E-state index in [0.29, 0.717) is 6.04 Å². The molecule has 1 atom stereocenters. The molecule has 0 aliphatic carbocycles. The predicted octanol–water partition coefficient (Wildman–Crippen LogP) is 3.09. The van der Waals surface area contributed by atoms with Gasteiger partial charge in [0, 0.05) is 6.04 Å². The molecule has 0 saturated heterocycles. The fourth-order valence-electron chi connectivity index (χ4n) is 1.92. The van der Waals surface area contributed by atoms with Gasteiger partial charge in [0.15, 0.2) is 0 Å². The summed E-state index contributed by atoms with van der Waals surface area (Å²) in [6.07, 6.45) is 4.48. The highest BCUT2D eigenvalue weighted by atomic mass is 16.3. The van der Waals surface area contributed by atoms with E-state index in [2.05, 4.69) is 36.5 Å². The average Bonchev–Trinajstić information content (AvgIpc) is 2.78. The van der Waals surface area contributed by atoms with Gasteiger partial charge in [-0.05, 0) is 37.6 Å². The Morgan fingerprint density at radius 2 is 2.19 bits per heavy atom. The summed E-state index contributed by atoms with van der Waals surface area (Å²) in [7, 11) is 1.99. The zero-order valence-electron chi connectivity index (χ0n) is 9.73. The lowest BCUT2D eigenvalue weighted by atomic mass is 9.99. The number of nitrogens with one attached hydrogen (secondary N) is 1. The molecule has 1 aromatic carbocycles. The summed E-state index contributed by atoms with van der Waals surface area (Å²) in [5.41, 5.74) is 3.84. The zero-order valence-corrected chi connectivity index (χ0v) is 9.73. The van der Waals surface area contributed by atoms with Crippen molar-refractivity contribution in [2.45, 2.75) is 19.4 Å². The topological polar surface area (TPSA) is 25.2 Å². The summed E-state index contributed by atoms with van der Waals surface area (Å²) < 4.78 is 5.09. The fourth-order valence-corrected chi connectivity index (χ4v) is 1.92. The molecule has 1 heterocycles. The lowest BCUT2D eigenvalue weighted by Gasteiger charge is -2.16. The van der Waals surface area contributed by atoms with Crippen molar-refractivity contribution in [1.29, 1.82) is 0 Å².